The molecule has 0 aliphatic heterocycles. The number of aromatic nitrogens is 3. The Balaban J connectivity index is 0.00000323. The number of hydrogen-bond acceptors (Lipinski definition) is 2. The summed E-state index contributed by atoms with van der Waals surface area (Å²) in [5.74, 6) is 1.68. The quantitative estimate of drug-likeness (QED) is 0.162. The number of fused-ring (bicyclic) bond motifs is 1. The Hall–Kier alpha value is -3.81. The topological polar surface area (TPSA) is 30.7 Å². The van der Waals surface area contributed by atoms with Gasteiger partial charge in [0.15, 0.2) is 0 Å². The first-order valence-electron chi connectivity index (χ1n) is 13.6. The van der Waals surface area contributed by atoms with Crippen LogP contribution >= 0.6 is 0 Å². The van der Waals surface area contributed by atoms with E-state index in [2.05, 4.69) is 122 Å². The van der Waals surface area contributed by atoms with E-state index >= 15 is 0 Å². The van der Waals surface area contributed by atoms with Gasteiger partial charge in [0.1, 0.15) is 0 Å². The Morgan fingerprint density at radius 1 is 0.625 bits per heavy atom. The van der Waals surface area contributed by atoms with E-state index in [0.717, 1.165) is 44.5 Å². The maximum absolute atomic E-state index is 4.83. The smallest absolute Gasteiger partial charge is 0.331 e. The van der Waals surface area contributed by atoms with Crippen LogP contribution in [0.3, 0.4) is 0 Å². The zero-order chi connectivity index (χ0) is 26.9. The molecule has 3 nitrogen and oxygen atoms in total. The molecule has 0 aliphatic carbocycles. The molecule has 6 rings (SSSR count). The van der Waals surface area contributed by atoms with Crippen LogP contribution < -0.4 is 0 Å². The van der Waals surface area contributed by atoms with E-state index in [1.165, 1.54) is 16.8 Å². The van der Waals surface area contributed by atoms with Gasteiger partial charge < -0.3 is 4.57 Å². The van der Waals surface area contributed by atoms with Gasteiger partial charge in [-0.15, -0.1) is 53.4 Å². The molecule has 200 valence electrons. The maximum Gasteiger partial charge on any atom is 2.00 e. The minimum atomic E-state index is 0. The van der Waals surface area contributed by atoms with E-state index in [-0.39, 0.29) is 21.1 Å². The fourth-order valence-corrected chi connectivity index (χ4v) is 5.32. The van der Waals surface area contributed by atoms with Crippen LogP contribution in [0.15, 0.2) is 104 Å². The van der Waals surface area contributed by atoms with Crippen molar-refractivity contribution in [3.63, 3.8) is 0 Å². The largest absolute Gasteiger partial charge is 2.00 e. The third kappa shape index (κ3) is 5.19. The van der Waals surface area contributed by atoms with Crippen LogP contribution in [0.2, 0.25) is 0 Å². The molecule has 0 unspecified atom stereocenters. The molecule has 0 aliphatic rings. The standard InChI is InChI=1S/C36H31N3.Pt/c1-24(2)30-13-9-14-31(25(3)4)35(30)39-21-20-38-36(39)29-12-7-11-27(22-29)32-15-8-10-26-17-18-28(23-33(26)32)34-16-5-6-19-37-34;/h5-21,24-25H,1-4H3;/q-2;+2. The molecule has 0 bridgehead atoms. The molecule has 0 saturated carbocycles. The van der Waals surface area contributed by atoms with Gasteiger partial charge in [0.05, 0.1) is 5.82 Å². The van der Waals surface area contributed by atoms with E-state index in [0.29, 0.717) is 11.8 Å². The van der Waals surface area contributed by atoms with Crippen LogP contribution in [0.25, 0.3) is 50.2 Å². The summed E-state index contributed by atoms with van der Waals surface area (Å²) in [4.78, 5) is 9.36. The molecule has 0 amide bonds. The Labute approximate surface area is 251 Å². The van der Waals surface area contributed by atoms with Gasteiger partial charge in [-0.25, -0.2) is 0 Å². The molecule has 0 saturated heterocycles. The molecule has 0 atom stereocenters. The zero-order valence-corrected chi connectivity index (χ0v) is 25.4. The number of hydrogen-bond donors (Lipinski definition) is 0. The Bertz CT molecular complexity index is 1740. The van der Waals surface area contributed by atoms with E-state index in [1.54, 1.807) is 0 Å². The summed E-state index contributed by atoms with van der Waals surface area (Å²) < 4.78 is 2.24. The van der Waals surface area contributed by atoms with E-state index in [4.69, 9.17) is 4.98 Å². The SMILES string of the molecule is CC(C)c1cccc(C(C)C)c1-n1ccnc1-c1[c-]c(-c2cccc3ccc(-c4ccccn4)[c-]c23)ccc1.[Pt+2]. The summed E-state index contributed by atoms with van der Waals surface area (Å²) in [5.41, 5.74) is 8.84. The molecule has 0 N–H and O–H groups in total. The molecule has 4 aromatic carbocycles. The number of imidazole rings is 1. The van der Waals surface area contributed by atoms with Crippen molar-refractivity contribution >= 4 is 10.8 Å². The van der Waals surface area contributed by atoms with Gasteiger partial charge in [-0.1, -0.05) is 98.3 Å². The molecule has 40 heavy (non-hydrogen) atoms. The molecule has 0 radical (unpaired) electrons. The summed E-state index contributed by atoms with van der Waals surface area (Å²) in [6.07, 6.45) is 5.79. The van der Waals surface area contributed by atoms with Crippen molar-refractivity contribution in [2.24, 2.45) is 0 Å². The van der Waals surface area contributed by atoms with Crippen LogP contribution in [0.4, 0.5) is 0 Å². The van der Waals surface area contributed by atoms with Crippen LogP contribution in [0.1, 0.15) is 50.7 Å². The minimum absolute atomic E-state index is 0. The Kier molecular flexibility index (Phi) is 8.14. The van der Waals surface area contributed by atoms with Crippen LogP contribution in [-0.2, 0) is 21.1 Å². The first-order chi connectivity index (χ1) is 19.0. The molecular weight excluding hydrogens is 669 g/mol. The number of benzene rings is 4. The van der Waals surface area contributed by atoms with Crippen molar-refractivity contribution in [2.45, 2.75) is 39.5 Å². The molecule has 2 heterocycles. The molecule has 4 heteroatoms. The van der Waals surface area contributed by atoms with Crippen LogP contribution in [0, 0.1) is 12.1 Å². The van der Waals surface area contributed by atoms with Gasteiger partial charge in [0.2, 0.25) is 0 Å². The predicted octanol–water partition coefficient (Wildman–Crippen LogP) is 9.27. The van der Waals surface area contributed by atoms with Gasteiger partial charge in [-0.2, -0.15) is 0 Å². The van der Waals surface area contributed by atoms with Crippen LogP contribution in [0.5, 0.6) is 0 Å². The fraction of sp³-hybridized carbons (Fsp3) is 0.167. The first-order valence-corrected chi connectivity index (χ1v) is 13.6. The van der Waals surface area contributed by atoms with Crippen molar-refractivity contribution in [3.8, 4) is 39.5 Å². The van der Waals surface area contributed by atoms with Crippen molar-refractivity contribution in [1.82, 2.24) is 14.5 Å². The third-order valence-corrected chi connectivity index (χ3v) is 7.28. The second-order valence-electron chi connectivity index (χ2n) is 10.6. The van der Waals surface area contributed by atoms with Crippen molar-refractivity contribution < 1.29 is 21.1 Å². The molecular formula is C36H31N3Pt. The maximum atomic E-state index is 4.83. The van der Waals surface area contributed by atoms with Gasteiger partial charge in [0, 0.05) is 30.0 Å². The summed E-state index contributed by atoms with van der Waals surface area (Å²) >= 11 is 0. The molecule has 6 aromatic rings. The fourth-order valence-electron chi connectivity index (χ4n) is 5.32. The normalized spacial score (nSPS) is 11.2. The number of nitrogens with zero attached hydrogens (tertiary/aromatic N) is 3. The van der Waals surface area contributed by atoms with E-state index in [9.17, 15) is 0 Å². The van der Waals surface area contributed by atoms with Crippen molar-refractivity contribution in [3.05, 3.63) is 127 Å². The predicted molar refractivity (Wildman–Crippen MR) is 161 cm³/mol. The second-order valence-corrected chi connectivity index (χ2v) is 10.6. The Morgan fingerprint density at radius 3 is 2.08 bits per heavy atom. The van der Waals surface area contributed by atoms with Gasteiger partial charge in [-0.05, 0) is 29.0 Å². The zero-order valence-electron chi connectivity index (χ0n) is 23.1. The monoisotopic (exact) mass is 700 g/mol. The van der Waals surface area contributed by atoms with Gasteiger partial charge in [-0.3, -0.25) is 9.97 Å². The number of rotatable bonds is 6. The average molecular weight is 701 g/mol. The van der Waals surface area contributed by atoms with E-state index in [1.807, 2.05) is 30.6 Å². The minimum Gasteiger partial charge on any atom is -0.331 e. The summed E-state index contributed by atoms with van der Waals surface area (Å²) in [5, 5.41) is 2.20. The third-order valence-electron chi connectivity index (χ3n) is 7.28. The summed E-state index contributed by atoms with van der Waals surface area (Å²) in [6, 6.07) is 36.9. The summed E-state index contributed by atoms with van der Waals surface area (Å²) in [7, 11) is 0. The van der Waals surface area contributed by atoms with Crippen LogP contribution in [-0.4, -0.2) is 14.5 Å². The van der Waals surface area contributed by atoms with Crippen molar-refractivity contribution in [1.29, 1.82) is 0 Å². The van der Waals surface area contributed by atoms with E-state index < -0.39 is 0 Å². The van der Waals surface area contributed by atoms with Gasteiger partial charge in [0.25, 0.3) is 0 Å². The first kappa shape index (κ1) is 27.7. The number of para-hydroxylation sites is 1. The Morgan fingerprint density at radius 2 is 1.35 bits per heavy atom. The molecule has 0 fully saturated rings. The van der Waals surface area contributed by atoms with Crippen molar-refractivity contribution in [2.75, 3.05) is 0 Å². The second kappa shape index (κ2) is 11.7. The average Bonchev–Trinajstić information content (AvgIpc) is 3.46. The molecule has 2 aromatic heterocycles. The summed E-state index contributed by atoms with van der Waals surface area (Å²) in [6.45, 7) is 9.01. The number of pyridine rings is 1. The molecule has 0 spiro atoms. The van der Waals surface area contributed by atoms with Gasteiger partial charge >= 0.3 is 21.1 Å².